The highest BCUT2D eigenvalue weighted by molar-refractivity contribution is 7.86. The van der Waals surface area contributed by atoms with Gasteiger partial charge >= 0.3 is 0 Å². The third-order valence-corrected chi connectivity index (χ3v) is 7.66. The van der Waals surface area contributed by atoms with Gasteiger partial charge in [-0.3, -0.25) is 9.11 Å². The van der Waals surface area contributed by atoms with Crippen LogP contribution in [0, 0.1) is 13.8 Å². The molecule has 1 fully saturated rings. The minimum atomic E-state index is -4.02. The molecule has 0 spiro atoms. The van der Waals surface area contributed by atoms with E-state index < -0.39 is 26.3 Å². The van der Waals surface area contributed by atoms with Gasteiger partial charge < -0.3 is 16.2 Å². The molecule has 0 saturated heterocycles. The molecule has 0 aromatic heterocycles. The van der Waals surface area contributed by atoms with E-state index in [-0.39, 0.29) is 15.8 Å². The van der Waals surface area contributed by atoms with E-state index >= 15 is 0 Å². The number of aliphatic hydroxyl groups excluding tert-OH is 1. The summed E-state index contributed by atoms with van der Waals surface area (Å²) < 4.78 is 59.1. The molecule has 0 heterocycles. The van der Waals surface area contributed by atoms with Gasteiger partial charge in [-0.2, -0.15) is 16.8 Å². The molecule has 0 radical (unpaired) electrons. The van der Waals surface area contributed by atoms with Crippen molar-refractivity contribution >= 4 is 31.8 Å². The highest BCUT2D eigenvalue weighted by Gasteiger charge is 2.23. The lowest BCUT2D eigenvalue weighted by Gasteiger charge is -2.19. The van der Waals surface area contributed by atoms with Crippen LogP contribution in [0.5, 0.6) is 0 Å². The first kappa shape index (κ1) is 32.9. The molecule has 12 heteroatoms. The Hall–Kier alpha value is -2.35. The molecule has 214 valence electrons. The van der Waals surface area contributed by atoms with E-state index in [0.717, 1.165) is 16.7 Å². The number of hydrogen-bond donors (Lipinski definition) is 5. The smallest absolute Gasteiger partial charge is 0.294 e. The third kappa shape index (κ3) is 13.0. The van der Waals surface area contributed by atoms with Gasteiger partial charge in [0.05, 0.1) is 15.9 Å². The largest absolute Gasteiger partial charge is 0.390 e. The van der Waals surface area contributed by atoms with Gasteiger partial charge in [0.15, 0.2) is 0 Å². The molecule has 0 amide bonds. The molecule has 6 N–H and O–H groups in total. The molecule has 3 aromatic carbocycles. The average molecular weight is 599 g/mol. The standard InChI is InChI=1S/C13H19ClN2O.2C7H8O3S/c14-10-3-1-2-9(6-10)7-12(15)13(17)8-16-11-4-5-11;2*1-6-2-4-7(5-3-6)11(8,9)10/h1-3,6,11-13,16-17H,4-5,7-8,15H2;2*2-5H,1H3,(H,8,9,10)/t12-,13+;;/m0../s1. The fourth-order valence-electron chi connectivity index (χ4n) is 3.22. The number of hydrogen-bond acceptors (Lipinski definition) is 7. The Balaban J connectivity index is 0.000000214. The van der Waals surface area contributed by atoms with Crippen molar-refractivity contribution in [2.75, 3.05) is 6.54 Å². The molecule has 39 heavy (non-hydrogen) atoms. The first-order chi connectivity index (χ1) is 18.1. The summed E-state index contributed by atoms with van der Waals surface area (Å²) in [5.41, 5.74) is 8.95. The van der Waals surface area contributed by atoms with Gasteiger partial charge in [0, 0.05) is 23.7 Å². The van der Waals surface area contributed by atoms with Crippen molar-refractivity contribution in [1.82, 2.24) is 5.32 Å². The second kappa shape index (κ2) is 14.9. The molecule has 3 aromatic rings. The van der Waals surface area contributed by atoms with Crippen molar-refractivity contribution < 1.29 is 31.0 Å². The van der Waals surface area contributed by atoms with Crippen molar-refractivity contribution in [2.24, 2.45) is 5.73 Å². The zero-order valence-corrected chi connectivity index (χ0v) is 24.1. The fraction of sp³-hybridized carbons (Fsp3) is 0.333. The van der Waals surface area contributed by atoms with Gasteiger partial charge in [-0.15, -0.1) is 0 Å². The van der Waals surface area contributed by atoms with E-state index in [1.807, 2.05) is 38.1 Å². The molecule has 1 aliphatic carbocycles. The number of nitrogens with two attached hydrogens (primary N) is 1. The van der Waals surface area contributed by atoms with Crippen LogP contribution >= 0.6 is 11.6 Å². The van der Waals surface area contributed by atoms with Crippen molar-refractivity contribution in [2.45, 2.75) is 61.1 Å². The summed E-state index contributed by atoms with van der Waals surface area (Å²) in [6.45, 7) is 4.26. The number of nitrogens with one attached hydrogen (secondary N) is 1. The Kier molecular flexibility index (Phi) is 12.5. The normalized spacial score (nSPS) is 14.7. The molecule has 0 bridgehead atoms. The maximum absolute atomic E-state index is 10.5. The molecule has 0 aliphatic heterocycles. The Morgan fingerprint density at radius 2 is 1.33 bits per heavy atom. The average Bonchev–Trinajstić information content (AvgIpc) is 3.67. The zero-order valence-electron chi connectivity index (χ0n) is 21.7. The minimum Gasteiger partial charge on any atom is -0.390 e. The first-order valence-corrected chi connectivity index (χ1v) is 15.4. The van der Waals surface area contributed by atoms with Crippen LogP contribution in [0.2, 0.25) is 5.02 Å². The summed E-state index contributed by atoms with van der Waals surface area (Å²) in [7, 11) is -8.04. The summed E-state index contributed by atoms with van der Waals surface area (Å²) in [5, 5.41) is 13.9. The van der Waals surface area contributed by atoms with Crippen LogP contribution in [-0.2, 0) is 26.7 Å². The molecular weight excluding hydrogens is 564 g/mol. The van der Waals surface area contributed by atoms with Gasteiger partial charge in [0.25, 0.3) is 20.2 Å². The van der Waals surface area contributed by atoms with E-state index in [1.165, 1.54) is 37.1 Å². The highest BCUT2D eigenvalue weighted by atomic mass is 35.5. The van der Waals surface area contributed by atoms with E-state index in [2.05, 4.69) is 5.32 Å². The van der Waals surface area contributed by atoms with E-state index in [1.54, 1.807) is 24.3 Å². The van der Waals surface area contributed by atoms with Crippen molar-refractivity contribution in [1.29, 1.82) is 0 Å². The van der Waals surface area contributed by atoms with Crippen molar-refractivity contribution in [3.8, 4) is 0 Å². The van der Waals surface area contributed by atoms with Crippen LogP contribution in [0.3, 0.4) is 0 Å². The van der Waals surface area contributed by atoms with E-state index in [0.29, 0.717) is 24.0 Å². The van der Waals surface area contributed by atoms with Gasteiger partial charge in [0.1, 0.15) is 0 Å². The lowest BCUT2D eigenvalue weighted by Crippen LogP contribution is -2.43. The van der Waals surface area contributed by atoms with Gasteiger partial charge in [-0.05, 0) is 75.1 Å². The Labute approximate surface area is 235 Å². The van der Waals surface area contributed by atoms with Crippen LogP contribution < -0.4 is 11.1 Å². The van der Waals surface area contributed by atoms with Crippen LogP contribution in [0.25, 0.3) is 0 Å². The molecule has 0 unspecified atom stereocenters. The molecular formula is C27H35ClN2O7S2. The van der Waals surface area contributed by atoms with Crippen LogP contribution in [-0.4, -0.2) is 55.8 Å². The Morgan fingerprint density at radius 3 is 1.72 bits per heavy atom. The number of rotatable bonds is 8. The maximum Gasteiger partial charge on any atom is 0.294 e. The summed E-state index contributed by atoms with van der Waals surface area (Å²) in [6, 6.07) is 19.9. The Bertz CT molecular complexity index is 1320. The number of aliphatic hydroxyl groups is 1. The summed E-state index contributed by atoms with van der Waals surface area (Å²) in [6.07, 6.45) is 2.58. The lowest BCUT2D eigenvalue weighted by molar-refractivity contribution is 0.141. The predicted octanol–water partition coefficient (Wildman–Crippen LogP) is 3.81. The highest BCUT2D eigenvalue weighted by Crippen LogP contribution is 2.19. The van der Waals surface area contributed by atoms with Gasteiger partial charge in [-0.1, -0.05) is 59.1 Å². The van der Waals surface area contributed by atoms with Crippen LogP contribution in [0.4, 0.5) is 0 Å². The molecule has 9 nitrogen and oxygen atoms in total. The topological polar surface area (TPSA) is 167 Å². The SMILES string of the molecule is Cc1ccc(S(=O)(=O)O)cc1.Cc1ccc(S(=O)(=O)O)cc1.N[C@@H](Cc1cccc(Cl)c1)[C@H](O)CNC1CC1. The number of benzene rings is 3. The quantitative estimate of drug-likeness (QED) is 0.242. The number of aryl methyl sites for hydroxylation is 2. The summed E-state index contributed by atoms with van der Waals surface area (Å²) >= 11 is 5.90. The molecule has 2 atom stereocenters. The van der Waals surface area contributed by atoms with Gasteiger partial charge in [-0.25, -0.2) is 0 Å². The van der Waals surface area contributed by atoms with Crippen LogP contribution in [0.15, 0.2) is 82.6 Å². The van der Waals surface area contributed by atoms with Gasteiger partial charge in [0.2, 0.25) is 0 Å². The van der Waals surface area contributed by atoms with Crippen molar-refractivity contribution in [3.05, 3.63) is 94.5 Å². The van der Waals surface area contributed by atoms with E-state index in [9.17, 15) is 21.9 Å². The second-order valence-corrected chi connectivity index (χ2v) is 12.6. The fourth-order valence-corrected chi connectivity index (χ4v) is 4.39. The lowest BCUT2D eigenvalue weighted by atomic mass is 10.0. The maximum atomic E-state index is 10.5. The minimum absolute atomic E-state index is 0.0666. The Morgan fingerprint density at radius 1 is 0.872 bits per heavy atom. The number of halogens is 1. The summed E-state index contributed by atoms with van der Waals surface area (Å²) in [4.78, 5) is -0.133. The zero-order chi connectivity index (χ0) is 29.2. The third-order valence-electron chi connectivity index (χ3n) is 5.69. The second-order valence-electron chi connectivity index (χ2n) is 9.32. The molecule has 4 rings (SSSR count). The summed E-state index contributed by atoms with van der Waals surface area (Å²) in [5.74, 6) is 0. The predicted molar refractivity (Wildman–Crippen MR) is 152 cm³/mol. The van der Waals surface area contributed by atoms with Crippen molar-refractivity contribution in [3.63, 3.8) is 0 Å². The van der Waals surface area contributed by atoms with Crippen LogP contribution in [0.1, 0.15) is 29.5 Å². The monoisotopic (exact) mass is 598 g/mol. The van der Waals surface area contributed by atoms with E-state index in [4.69, 9.17) is 26.4 Å². The first-order valence-electron chi connectivity index (χ1n) is 12.1. The molecule has 1 aliphatic rings. The molecule has 1 saturated carbocycles.